The normalized spacial score (nSPS) is 16.1. The molecule has 1 fully saturated rings. The summed E-state index contributed by atoms with van der Waals surface area (Å²) in [6, 6.07) is 5.66. The van der Waals surface area contributed by atoms with E-state index in [0.717, 1.165) is 15.6 Å². The van der Waals surface area contributed by atoms with Gasteiger partial charge in [-0.3, -0.25) is 4.79 Å². The second kappa shape index (κ2) is 4.55. The Morgan fingerprint density at radius 1 is 1.56 bits per heavy atom. The Hall–Kier alpha value is -0.870. The van der Waals surface area contributed by atoms with Crippen LogP contribution in [0.3, 0.4) is 0 Å². The molecule has 1 aliphatic heterocycles. The smallest absolute Gasteiger partial charge is 0.254 e. The molecule has 1 aromatic rings. The second-order valence-electron chi connectivity index (χ2n) is 4.22. The minimum absolute atomic E-state index is 0.0645. The lowest BCUT2D eigenvalue weighted by atomic mass is 9.98. The maximum atomic E-state index is 12.0. The molecule has 0 bridgehead atoms. The van der Waals surface area contributed by atoms with Crippen molar-refractivity contribution in [3.8, 4) is 0 Å². The summed E-state index contributed by atoms with van der Waals surface area (Å²) in [7, 11) is 0. The molecule has 86 valence electrons. The number of halogens is 1. The van der Waals surface area contributed by atoms with Gasteiger partial charge in [-0.05, 0) is 30.7 Å². The molecule has 1 aliphatic rings. The van der Waals surface area contributed by atoms with Crippen molar-refractivity contribution in [3.05, 3.63) is 33.8 Å². The Labute approximate surface area is 103 Å². The Morgan fingerprint density at radius 3 is 2.81 bits per heavy atom. The van der Waals surface area contributed by atoms with E-state index in [-0.39, 0.29) is 18.4 Å². The molecule has 1 N–H and O–H groups in total. The van der Waals surface area contributed by atoms with E-state index in [4.69, 9.17) is 5.11 Å². The van der Waals surface area contributed by atoms with Gasteiger partial charge < -0.3 is 10.0 Å². The van der Waals surface area contributed by atoms with Crippen LogP contribution in [0, 0.1) is 12.8 Å². The molecule has 0 radical (unpaired) electrons. The number of amides is 1. The van der Waals surface area contributed by atoms with E-state index >= 15 is 0 Å². The van der Waals surface area contributed by atoms with Gasteiger partial charge in [0.1, 0.15) is 0 Å². The van der Waals surface area contributed by atoms with E-state index in [0.29, 0.717) is 13.1 Å². The van der Waals surface area contributed by atoms with Gasteiger partial charge in [0.25, 0.3) is 5.91 Å². The van der Waals surface area contributed by atoms with Crippen molar-refractivity contribution in [2.24, 2.45) is 5.92 Å². The van der Waals surface area contributed by atoms with Crippen LogP contribution in [-0.2, 0) is 0 Å². The fourth-order valence-electron chi connectivity index (χ4n) is 1.89. The first kappa shape index (κ1) is 11.6. The van der Waals surface area contributed by atoms with Gasteiger partial charge in [-0.1, -0.05) is 15.9 Å². The zero-order valence-electron chi connectivity index (χ0n) is 9.11. The van der Waals surface area contributed by atoms with Gasteiger partial charge in [-0.25, -0.2) is 0 Å². The van der Waals surface area contributed by atoms with E-state index in [1.807, 2.05) is 25.1 Å². The van der Waals surface area contributed by atoms with E-state index in [1.165, 1.54) is 0 Å². The van der Waals surface area contributed by atoms with Gasteiger partial charge in [0.05, 0.1) is 0 Å². The van der Waals surface area contributed by atoms with Crippen molar-refractivity contribution < 1.29 is 9.90 Å². The van der Waals surface area contributed by atoms with Crippen LogP contribution in [0.5, 0.6) is 0 Å². The fourth-order valence-corrected chi connectivity index (χ4v) is 2.36. The molecule has 0 aliphatic carbocycles. The van der Waals surface area contributed by atoms with Crippen LogP contribution >= 0.6 is 15.9 Å². The monoisotopic (exact) mass is 283 g/mol. The van der Waals surface area contributed by atoms with Gasteiger partial charge in [0.2, 0.25) is 0 Å². The van der Waals surface area contributed by atoms with E-state index in [2.05, 4.69) is 15.9 Å². The van der Waals surface area contributed by atoms with Crippen LogP contribution in [-0.4, -0.2) is 35.6 Å². The summed E-state index contributed by atoms with van der Waals surface area (Å²) >= 11 is 3.38. The highest BCUT2D eigenvalue weighted by Gasteiger charge is 2.30. The Bertz CT molecular complexity index is 413. The zero-order chi connectivity index (χ0) is 11.7. The molecular weight excluding hydrogens is 270 g/mol. The van der Waals surface area contributed by atoms with Crippen molar-refractivity contribution in [1.29, 1.82) is 0 Å². The molecule has 0 aromatic heterocycles. The largest absolute Gasteiger partial charge is 0.396 e. The molecule has 3 nitrogen and oxygen atoms in total. The molecule has 4 heteroatoms. The minimum Gasteiger partial charge on any atom is -0.396 e. The van der Waals surface area contributed by atoms with Gasteiger partial charge in [-0.15, -0.1) is 0 Å². The number of hydrogen-bond donors (Lipinski definition) is 1. The van der Waals surface area contributed by atoms with Gasteiger partial charge in [0, 0.05) is 35.7 Å². The maximum Gasteiger partial charge on any atom is 0.254 e. The van der Waals surface area contributed by atoms with Crippen LogP contribution in [0.1, 0.15) is 15.9 Å². The van der Waals surface area contributed by atoms with Crippen LogP contribution in [0.15, 0.2) is 22.7 Å². The molecule has 0 spiro atoms. The van der Waals surface area contributed by atoms with Crippen molar-refractivity contribution >= 4 is 21.8 Å². The predicted octanol–water partition coefficient (Wildman–Crippen LogP) is 1.82. The third kappa shape index (κ3) is 2.13. The first-order valence-electron chi connectivity index (χ1n) is 5.28. The SMILES string of the molecule is Cc1cc(Br)ccc1C(=O)N1CC(CO)C1. The van der Waals surface area contributed by atoms with Crippen molar-refractivity contribution in [3.63, 3.8) is 0 Å². The lowest BCUT2D eigenvalue weighted by Gasteiger charge is -2.38. The van der Waals surface area contributed by atoms with Gasteiger partial charge in [0.15, 0.2) is 0 Å². The first-order valence-corrected chi connectivity index (χ1v) is 6.07. The Balaban J connectivity index is 2.10. The number of aliphatic hydroxyl groups is 1. The fraction of sp³-hybridized carbons (Fsp3) is 0.417. The highest BCUT2D eigenvalue weighted by molar-refractivity contribution is 9.10. The molecule has 2 rings (SSSR count). The summed E-state index contributed by atoms with van der Waals surface area (Å²) in [5.74, 6) is 0.328. The first-order chi connectivity index (χ1) is 7.61. The number of rotatable bonds is 2. The van der Waals surface area contributed by atoms with E-state index < -0.39 is 0 Å². The number of benzene rings is 1. The summed E-state index contributed by atoms with van der Waals surface area (Å²) in [5, 5.41) is 8.90. The van der Waals surface area contributed by atoms with Gasteiger partial charge >= 0.3 is 0 Å². The van der Waals surface area contributed by atoms with Crippen molar-refractivity contribution in [2.75, 3.05) is 19.7 Å². The number of aryl methyl sites for hydroxylation is 1. The third-order valence-corrected chi connectivity index (χ3v) is 3.41. The summed E-state index contributed by atoms with van der Waals surface area (Å²) in [4.78, 5) is 13.8. The molecule has 0 saturated carbocycles. The summed E-state index contributed by atoms with van der Waals surface area (Å²) in [5.41, 5.74) is 1.73. The Morgan fingerprint density at radius 2 is 2.25 bits per heavy atom. The van der Waals surface area contributed by atoms with Crippen molar-refractivity contribution in [2.45, 2.75) is 6.92 Å². The van der Waals surface area contributed by atoms with Gasteiger partial charge in [-0.2, -0.15) is 0 Å². The molecule has 0 atom stereocenters. The summed E-state index contributed by atoms with van der Waals surface area (Å²) in [6.45, 7) is 3.44. The molecule has 1 saturated heterocycles. The average Bonchev–Trinajstić information content (AvgIpc) is 2.15. The molecule has 0 unspecified atom stereocenters. The minimum atomic E-state index is 0.0645. The quantitative estimate of drug-likeness (QED) is 0.900. The molecule has 1 aromatic carbocycles. The Kier molecular flexibility index (Phi) is 3.30. The lowest BCUT2D eigenvalue weighted by Crippen LogP contribution is -2.51. The summed E-state index contributed by atoms with van der Waals surface area (Å²) < 4.78 is 0.985. The lowest BCUT2D eigenvalue weighted by molar-refractivity contribution is 0.0361. The second-order valence-corrected chi connectivity index (χ2v) is 5.13. The highest BCUT2D eigenvalue weighted by atomic mass is 79.9. The number of aliphatic hydroxyl groups excluding tert-OH is 1. The zero-order valence-corrected chi connectivity index (χ0v) is 10.7. The van der Waals surface area contributed by atoms with Crippen LogP contribution in [0.2, 0.25) is 0 Å². The maximum absolute atomic E-state index is 12.0. The van der Waals surface area contributed by atoms with Crippen molar-refractivity contribution in [1.82, 2.24) is 4.90 Å². The van der Waals surface area contributed by atoms with Crippen LogP contribution < -0.4 is 0 Å². The molecular formula is C12H14BrNO2. The van der Waals surface area contributed by atoms with E-state index in [9.17, 15) is 4.79 Å². The number of likely N-dealkylation sites (tertiary alicyclic amines) is 1. The third-order valence-electron chi connectivity index (χ3n) is 2.92. The highest BCUT2D eigenvalue weighted by Crippen LogP contribution is 2.22. The summed E-state index contributed by atoms with van der Waals surface area (Å²) in [6.07, 6.45) is 0. The number of carbonyl (C=O) groups excluding carboxylic acids is 1. The van der Waals surface area contributed by atoms with E-state index in [1.54, 1.807) is 4.90 Å². The van der Waals surface area contributed by atoms with Crippen LogP contribution in [0.25, 0.3) is 0 Å². The number of nitrogens with zero attached hydrogens (tertiary/aromatic N) is 1. The average molecular weight is 284 g/mol. The topological polar surface area (TPSA) is 40.5 Å². The predicted molar refractivity (Wildman–Crippen MR) is 65.4 cm³/mol. The molecule has 1 amide bonds. The molecule has 16 heavy (non-hydrogen) atoms. The number of carbonyl (C=O) groups is 1. The standard InChI is InChI=1S/C12H14BrNO2/c1-8-4-10(13)2-3-11(8)12(16)14-5-9(6-14)7-15/h2-4,9,15H,5-7H2,1H3. The number of hydrogen-bond acceptors (Lipinski definition) is 2. The van der Waals surface area contributed by atoms with Crippen LogP contribution in [0.4, 0.5) is 0 Å². The molecule has 1 heterocycles.